The van der Waals surface area contributed by atoms with Crippen LogP contribution in [0.25, 0.3) is 10.1 Å². The van der Waals surface area contributed by atoms with Crippen LogP contribution in [0.15, 0.2) is 60.7 Å². The van der Waals surface area contributed by atoms with Crippen LogP contribution in [0, 0.1) is 5.92 Å². The minimum Gasteiger partial charge on any atom is -0.386 e. The molecule has 0 saturated heterocycles. The van der Waals surface area contributed by atoms with E-state index in [2.05, 4.69) is 17.4 Å². The average molecular weight is 337 g/mol. The lowest BCUT2D eigenvalue weighted by Crippen LogP contribution is -2.29. The second kappa shape index (κ2) is 6.38. The van der Waals surface area contributed by atoms with Gasteiger partial charge in [0.2, 0.25) is 5.91 Å². The SMILES string of the molecule is O=C(NCC(O)c1cc2ccccc2s1)C1CC1c1ccccc1. The molecule has 1 fully saturated rings. The summed E-state index contributed by atoms with van der Waals surface area (Å²) in [6.07, 6.45) is 0.245. The van der Waals surface area contributed by atoms with Gasteiger partial charge in [0.25, 0.3) is 0 Å². The van der Waals surface area contributed by atoms with Crippen molar-refractivity contribution in [2.45, 2.75) is 18.4 Å². The standard InChI is InChI=1S/C20H19NO2S/c22-17(19-10-14-8-4-5-9-18(14)24-19)12-21-20(23)16-11-15(16)13-6-2-1-3-7-13/h1-10,15-17,22H,11-12H2,(H,21,23). The Morgan fingerprint density at radius 1 is 1.17 bits per heavy atom. The van der Waals surface area contributed by atoms with Crippen molar-refractivity contribution >= 4 is 27.3 Å². The maximum Gasteiger partial charge on any atom is 0.223 e. The lowest BCUT2D eigenvalue weighted by Gasteiger charge is -2.10. The Kier molecular flexibility index (Phi) is 4.08. The van der Waals surface area contributed by atoms with E-state index < -0.39 is 6.10 Å². The quantitative estimate of drug-likeness (QED) is 0.743. The van der Waals surface area contributed by atoms with Crippen LogP contribution in [0.3, 0.4) is 0 Å². The number of hydrogen-bond donors (Lipinski definition) is 2. The summed E-state index contributed by atoms with van der Waals surface area (Å²) < 4.78 is 1.16. The molecule has 1 amide bonds. The van der Waals surface area contributed by atoms with Gasteiger partial charge in [-0.05, 0) is 35.4 Å². The Hall–Kier alpha value is -2.17. The normalized spacial score (nSPS) is 20.7. The van der Waals surface area contributed by atoms with E-state index in [1.54, 1.807) is 11.3 Å². The number of fused-ring (bicyclic) bond motifs is 1. The Morgan fingerprint density at radius 2 is 1.92 bits per heavy atom. The van der Waals surface area contributed by atoms with Gasteiger partial charge in [-0.15, -0.1) is 11.3 Å². The molecule has 2 aromatic carbocycles. The van der Waals surface area contributed by atoms with E-state index in [4.69, 9.17) is 0 Å². The molecule has 0 spiro atoms. The molecule has 2 N–H and O–H groups in total. The van der Waals surface area contributed by atoms with Gasteiger partial charge in [-0.25, -0.2) is 0 Å². The van der Waals surface area contributed by atoms with Crippen LogP contribution in [-0.2, 0) is 4.79 Å². The predicted molar refractivity (Wildman–Crippen MR) is 97.1 cm³/mol. The molecule has 1 saturated carbocycles. The number of carbonyl (C=O) groups is 1. The molecule has 0 bridgehead atoms. The predicted octanol–water partition coefficient (Wildman–Crippen LogP) is 3.85. The Labute approximate surface area is 144 Å². The first-order valence-corrected chi connectivity index (χ1v) is 9.03. The summed E-state index contributed by atoms with van der Waals surface area (Å²) in [5, 5.41) is 14.4. The highest BCUT2D eigenvalue weighted by atomic mass is 32.1. The molecule has 4 heteroatoms. The molecule has 1 aliphatic carbocycles. The number of nitrogens with one attached hydrogen (secondary N) is 1. The summed E-state index contributed by atoms with van der Waals surface area (Å²) in [7, 11) is 0. The van der Waals surface area contributed by atoms with Gasteiger partial charge in [0, 0.05) is 22.0 Å². The van der Waals surface area contributed by atoms with Crippen molar-refractivity contribution in [3.63, 3.8) is 0 Å². The van der Waals surface area contributed by atoms with E-state index in [-0.39, 0.29) is 18.4 Å². The van der Waals surface area contributed by atoms with Gasteiger partial charge >= 0.3 is 0 Å². The minimum absolute atomic E-state index is 0.0435. The van der Waals surface area contributed by atoms with Crippen LogP contribution in [0.5, 0.6) is 0 Å². The third-order valence-electron chi connectivity index (χ3n) is 4.60. The molecule has 0 aliphatic heterocycles. The van der Waals surface area contributed by atoms with Crippen LogP contribution in [0.1, 0.15) is 28.9 Å². The molecule has 3 aromatic rings. The minimum atomic E-state index is -0.653. The van der Waals surface area contributed by atoms with Crippen molar-refractivity contribution in [1.82, 2.24) is 5.32 Å². The highest BCUT2D eigenvalue weighted by molar-refractivity contribution is 7.19. The number of benzene rings is 2. The number of amides is 1. The molecule has 1 aromatic heterocycles. The maximum atomic E-state index is 12.3. The fourth-order valence-corrected chi connectivity index (χ4v) is 4.20. The molecule has 24 heavy (non-hydrogen) atoms. The van der Waals surface area contributed by atoms with Crippen LogP contribution in [0.4, 0.5) is 0 Å². The third kappa shape index (κ3) is 3.07. The van der Waals surface area contributed by atoms with Gasteiger partial charge in [-0.2, -0.15) is 0 Å². The van der Waals surface area contributed by atoms with E-state index in [0.29, 0.717) is 5.92 Å². The summed E-state index contributed by atoms with van der Waals surface area (Å²) in [5.41, 5.74) is 1.22. The lowest BCUT2D eigenvalue weighted by atomic mass is 10.1. The van der Waals surface area contributed by atoms with Gasteiger partial charge in [0.15, 0.2) is 0 Å². The fourth-order valence-electron chi connectivity index (χ4n) is 3.15. The van der Waals surface area contributed by atoms with E-state index in [1.165, 1.54) is 5.56 Å². The monoisotopic (exact) mass is 337 g/mol. The molecule has 0 radical (unpaired) electrons. The number of rotatable bonds is 5. The van der Waals surface area contributed by atoms with Gasteiger partial charge in [0.05, 0.1) is 0 Å². The molecular formula is C20H19NO2S. The number of carbonyl (C=O) groups excluding carboxylic acids is 1. The third-order valence-corrected chi connectivity index (χ3v) is 5.81. The number of thiophene rings is 1. The number of aliphatic hydroxyl groups excluding tert-OH is 1. The highest BCUT2D eigenvalue weighted by Crippen LogP contribution is 2.47. The van der Waals surface area contributed by atoms with Crippen molar-refractivity contribution in [2.24, 2.45) is 5.92 Å². The van der Waals surface area contributed by atoms with Crippen molar-refractivity contribution < 1.29 is 9.90 Å². The van der Waals surface area contributed by atoms with Crippen molar-refractivity contribution in [2.75, 3.05) is 6.54 Å². The first kappa shape index (κ1) is 15.4. The summed E-state index contributed by atoms with van der Waals surface area (Å²) in [6, 6.07) is 20.2. The molecule has 1 aliphatic rings. The molecule has 122 valence electrons. The first-order valence-electron chi connectivity index (χ1n) is 8.21. The zero-order chi connectivity index (χ0) is 16.5. The van der Waals surface area contributed by atoms with Crippen LogP contribution in [-0.4, -0.2) is 17.6 Å². The molecule has 3 nitrogen and oxygen atoms in total. The van der Waals surface area contributed by atoms with Crippen molar-refractivity contribution in [1.29, 1.82) is 0 Å². The first-order chi connectivity index (χ1) is 11.7. The summed E-state index contributed by atoms with van der Waals surface area (Å²) in [6.45, 7) is 0.268. The van der Waals surface area contributed by atoms with Gasteiger partial charge < -0.3 is 10.4 Å². The summed E-state index contributed by atoms with van der Waals surface area (Å²) in [4.78, 5) is 13.2. The smallest absolute Gasteiger partial charge is 0.223 e. The highest BCUT2D eigenvalue weighted by Gasteiger charge is 2.43. The molecule has 1 heterocycles. The summed E-state index contributed by atoms with van der Waals surface area (Å²) >= 11 is 1.58. The van der Waals surface area contributed by atoms with Crippen LogP contribution < -0.4 is 5.32 Å². The zero-order valence-corrected chi connectivity index (χ0v) is 14.0. The Bertz CT molecular complexity index is 825. The average Bonchev–Trinajstić information content (AvgIpc) is 3.31. The Balaban J connectivity index is 1.34. The fraction of sp³-hybridized carbons (Fsp3) is 0.250. The van der Waals surface area contributed by atoms with Gasteiger partial charge in [0.1, 0.15) is 6.10 Å². The van der Waals surface area contributed by atoms with Crippen LogP contribution >= 0.6 is 11.3 Å². The van der Waals surface area contributed by atoms with E-state index in [9.17, 15) is 9.90 Å². The second-order valence-corrected chi connectivity index (χ2v) is 7.42. The number of aliphatic hydroxyl groups is 1. The van der Waals surface area contributed by atoms with Crippen LogP contribution in [0.2, 0.25) is 0 Å². The van der Waals surface area contributed by atoms with Crippen molar-refractivity contribution in [3.8, 4) is 0 Å². The Morgan fingerprint density at radius 3 is 2.71 bits per heavy atom. The van der Waals surface area contributed by atoms with E-state index >= 15 is 0 Å². The van der Waals surface area contributed by atoms with Gasteiger partial charge in [-0.1, -0.05) is 48.5 Å². The molecular weight excluding hydrogens is 318 g/mol. The van der Waals surface area contributed by atoms with Gasteiger partial charge in [-0.3, -0.25) is 4.79 Å². The molecule has 4 rings (SSSR count). The van der Waals surface area contributed by atoms with Crippen molar-refractivity contribution in [3.05, 3.63) is 71.1 Å². The lowest BCUT2D eigenvalue weighted by molar-refractivity contribution is -0.122. The largest absolute Gasteiger partial charge is 0.386 e. The number of hydrogen-bond acceptors (Lipinski definition) is 3. The maximum absolute atomic E-state index is 12.3. The second-order valence-electron chi connectivity index (χ2n) is 6.31. The van der Waals surface area contributed by atoms with E-state index in [1.807, 2.05) is 48.5 Å². The molecule has 3 atom stereocenters. The summed E-state index contributed by atoms with van der Waals surface area (Å²) in [5.74, 6) is 0.415. The molecule has 3 unspecified atom stereocenters. The van der Waals surface area contributed by atoms with E-state index in [0.717, 1.165) is 21.4 Å². The zero-order valence-electron chi connectivity index (χ0n) is 13.2. The topological polar surface area (TPSA) is 49.3 Å².